The molecule has 5 rings (SSSR count). The van der Waals surface area contributed by atoms with Crippen molar-refractivity contribution in [3.8, 4) is 0 Å². The summed E-state index contributed by atoms with van der Waals surface area (Å²) in [5, 5.41) is 14.7. The second-order valence-corrected chi connectivity index (χ2v) is 9.01. The molecule has 8 heteroatoms. The molecule has 1 amide bonds. The zero-order valence-corrected chi connectivity index (χ0v) is 19.1. The summed E-state index contributed by atoms with van der Waals surface area (Å²) in [6.45, 7) is 4.13. The van der Waals surface area contributed by atoms with Crippen LogP contribution >= 0.6 is 0 Å². The maximum absolute atomic E-state index is 13.2. The molecule has 1 aliphatic rings. The molecule has 170 valence electrons. The normalized spacial score (nSPS) is 14.5. The van der Waals surface area contributed by atoms with E-state index in [2.05, 4.69) is 56.8 Å². The third kappa shape index (κ3) is 4.46. The van der Waals surface area contributed by atoms with Crippen LogP contribution < -0.4 is 10.6 Å². The molecule has 0 aliphatic heterocycles. The summed E-state index contributed by atoms with van der Waals surface area (Å²) >= 11 is 0. The Hall–Kier alpha value is -3.68. The van der Waals surface area contributed by atoms with Gasteiger partial charge >= 0.3 is 0 Å². The number of para-hydroxylation sites is 1. The van der Waals surface area contributed by atoms with Crippen LogP contribution in [-0.4, -0.2) is 38.1 Å². The van der Waals surface area contributed by atoms with Gasteiger partial charge in [0.1, 0.15) is 17.3 Å². The standard InChI is InChI=1S/C25H29N7O/c1-14(2)19-11-22(32-31-19)25(33)29-20(10-16-13-27-18-7-5-4-6-17(16)18)21-12-23(26-3)30-24(28-21)15-8-9-15/h4-7,11-15,20,27H,8-10H2,1-3H3,(H,29,33)(H,31,32)(H,26,28,30)/t20-/m0/s1. The van der Waals surface area contributed by atoms with Gasteiger partial charge in [0.15, 0.2) is 0 Å². The Kier molecular flexibility index (Phi) is 5.58. The van der Waals surface area contributed by atoms with Gasteiger partial charge in [-0.15, -0.1) is 0 Å². The summed E-state index contributed by atoms with van der Waals surface area (Å²) in [6, 6.07) is 11.6. The van der Waals surface area contributed by atoms with Crippen molar-refractivity contribution in [1.29, 1.82) is 0 Å². The average molecular weight is 444 g/mol. The highest BCUT2D eigenvalue weighted by molar-refractivity contribution is 5.92. The highest BCUT2D eigenvalue weighted by Crippen LogP contribution is 2.39. The van der Waals surface area contributed by atoms with Crippen LogP contribution in [0.15, 0.2) is 42.6 Å². The summed E-state index contributed by atoms with van der Waals surface area (Å²) < 4.78 is 0. The SMILES string of the molecule is CNc1cc([C@H](Cc2c[nH]c3ccccc23)NC(=O)c2cc(C(C)C)[nH]n2)nc(C2CC2)n1. The fraction of sp³-hybridized carbons (Fsp3) is 0.360. The fourth-order valence-electron chi connectivity index (χ4n) is 4.05. The Morgan fingerprint density at radius 2 is 2.00 bits per heavy atom. The summed E-state index contributed by atoms with van der Waals surface area (Å²) in [6.07, 6.45) is 4.83. The second kappa shape index (κ2) is 8.69. The van der Waals surface area contributed by atoms with Crippen LogP contribution in [0, 0.1) is 0 Å². The van der Waals surface area contributed by atoms with Crippen molar-refractivity contribution in [2.45, 2.75) is 51.0 Å². The van der Waals surface area contributed by atoms with E-state index in [9.17, 15) is 4.79 Å². The molecule has 1 atom stereocenters. The van der Waals surface area contributed by atoms with Gasteiger partial charge in [0, 0.05) is 48.2 Å². The first kappa shape index (κ1) is 21.2. The van der Waals surface area contributed by atoms with E-state index in [1.54, 1.807) is 0 Å². The molecule has 4 aromatic rings. The Bertz CT molecular complexity index is 1280. The van der Waals surface area contributed by atoms with Crippen molar-refractivity contribution >= 4 is 22.6 Å². The topological polar surface area (TPSA) is 111 Å². The van der Waals surface area contributed by atoms with Crippen molar-refractivity contribution in [2.24, 2.45) is 0 Å². The predicted molar refractivity (Wildman–Crippen MR) is 128 cm³/mol. The molecule has 0 spiro atoms. The predicted octanol–water partition coefficient (Wildman–Crippen LogP) is 4.44. The van der Waals surface area contributed by atoms with Crippen LogP contribution in [0.2, 0.25) is 0 Å². The lowest BCUT2D eigenvalue weighted by molar-refractivity contribution is 0.0930. The molecule has 3 aromatic heterocycles. The molecule has 4 N–H and O–H groups in total. The lowest BCUT2D eigenvalue weighted by Crippen LogP contribution is -2.31. The molecule has 1 fully saturated rings. The number of hydrogen-bond donors (Lipinski definition) is 4. The molecule has 0 bridgehead atoms. The molecule has 0 unspecified atom stereocenters. The number of anilines is 1. The number of rotatable bonds is 8. The number of H-pyrrole nitrogens is 2. The maximum Gasteiger partial charge on any atom is 0.272 e. The van der Waals surface area contributed by atoms with Gasteiger partial charge in [0.2, 0.25) is 0 Å². The Morgan fingerprint density at radius 1 is 1.18 bits per heavy atom. The van der Waals surface area contributed by atoms with Crippen LogP contribution in [0.1, 0.15) is 77.8 Å². The minimum absolute atomic E-state index is 0.222. The number of carbonyl (C=O) groups excluding carboxylic acids is 1. The van der Waals surface area contributed by atoms with Gasteiger partial charge in [-0.05, 0) is 36.5 Å². The van der Waals surface area contributed by atoms with E-state index in [0.717, 1.165) is 52.3 Å². The van der Waals surface area contributed by atoms with E-state index in [0.29, 0.717) is 18.0 Å². The maximum atomic E-state index is 13.2. The zero-order chi connectivity index (χ0) is 22.9. The molecule has 0 radical (unpaired) electrons. The summed E-state index contributed by atoms with van der Waals surface area (Å²) in [5.41, 5.74) is 4.31. The first-order chi connectivity index (χ1) is 16.0. The highest BCUT2D eigenvalue weighted by Gasteiger charge is 2.29. The molecule has 8 nitrogen and oxygen atoms in total. The van der Waals surface area contributed by atoms with E-state index < -0.39 is 0 Å². The zero-order valence-electron chi connectivity index (χ0n) is 19.1. The molecule has 1 aromatic carbocycles. The van der Waals surface area contributed by atoms with Gasteiger partial charge in [0.25, 0.3) is 5.91 Å². The molecule has 0 saturated heterocycles. The second-order valence-electron chi connectivity index (χ2n) is 9.01. The molecule has 1 aliphatic carbocycles. The lowest BCUT2D eigenvalue weighted by Gasteiger charge is -2.19. The Morgan fingerprint density at radius 3 is 2.73 bits per heavy atom. The van der Waals surface area contributed by atoms with E-state index in [4.69, 9.17) is 4.98 Å². The van der Waals surface area contributed by atoms with Gasteiger partial charge < -0.3 is 15.6 Å². The van der Waals surface area contributed by atoms with Crippen LogP contribution in [0.5, 0.6) is 0 Å². The van der Waals surface area contributed by atoms with Crippen molar-refractivity contribution in [2.75, 3.05) is 12.4 Å². The number of nitrogens with one attached hydrogen (secondary N) is 4. The van der Waals surface area contributed by atoms with Gasteiger partial charge in [-0.2, -0.15) is 5.10 Å². The van der Waals surface area contributed by atoms with Crippen molar-refractivity contribution < 1.29 is 4.79 Å². The fourth-order valence-corrected chi connectivity index (χ4v) is 4.05. The third-order valence-electron chi connectivity index (χ3n) is 6.18. The number of carbonyl (C=O) groups is 1. The highest BCUT2D eigenvalue weighted by atomic mass is 16.2. The molecule has 33 heavy (non-hydrogen) atoms. The summed E-state index contributed by atoms with van der Waals surface area (Å²) in [4.78, 5) is 26.0. The molecular weight excluding hydrogens is 414 g/mol. The van der Waals surface area contributed by atoms with Gasteiger partial charge in [-0.25, -0.2) is 9.97 Å². The lowest BCUT2D eigenvalue weighted by atomic mass is 10.0. The van der Waals surface area contributed by atoms with Crippen LogP contribution in [-0.2, 0) is 6.42 Å². The minimum Gasteiger partial charge on any atom is -0.373 e. The van der Waals surface area contributed by atoms with E-state index in [1.807, 2.05) is 37.5 Å². The smallest absolute Gasteiger partial charge is 0.272 e. The number of amides is 1. The van der Waals surface area contributed by atoms with Crippen LogP contribution in [0.4, 0.5) is 5.82 Å². The van der Waals surface area contributed by atoms with E-state index >= 15 is 0 Å². The third-order valence-corrected chi connectivity index (χ3v) is 6.18. The minimum atomic E-state index is -0.330. The van der Waals surface area contributed by atoms with Gasteiger partial charge in [-0.3, -0.25) is 9.89 Å². The molecule has 3 heterocycles. The summed E-state index contributed by atoms with van der Waals surface area (Å²) in [7, 11) is 1.85. The van der Waals surface area contributed by atoms with Gasteiger partial charge in [-0.1, -0.05) is 32.0 Å². The van der Waals surface area contributed by atoms with Crippen molar-refractivity contribution in [3.63, 3.8) is 0 Å². The Balaban J connectivity index is 1.50. The quantitative estimate of drug-likeness (QED) is 0.322. The molecule has 1 saturated carbocycles. The van der Waals surface area contributed by atoms with E-state index in [1.165, 1.54) is 0 Å². The van der Waals surface area contributed by atoms with Crippen LogP contribution in [0.25, 0.3) is 10.9 Å². The number of aromatic nitrogens is 5. The number of aromatic amines is 2. The average Bonchev–Trinajstić information content (AvgIpc) is 3.41. The van der Waals surface area contributed by atoms with Crippen molar-refractivity contribution in [1.82, 2.24) is 30.5 Å². The molecular formula is C25H29N7O. The monoisotopic (exact) mass is 443 g/mol. The van der Waals surface area contributed by atoms with Crippen molar-refractivity contribution in [3.05, 3.63) is 71.1 Å². The number of nitrogens with zero attached hydrogens (tertiary/aromatic N) is 3. The number of benzene rings is 1. The first-order valence-electron chi connectivity index (χ1n) is 11.5. The summed E-state index contributed by atoms with van der Waals surface area (Å²) in [5.74, 6) is 2.06. The van der Waals surface area contributed by atoms with Crippen LogP contribution in [0.3, 0.4) is 0 Å². The first-order valence-corrected chi connectivity index (χ1v) is 11.5. The Labute approximate surface area is 192 Å². The largest absolute Gasteiger partial charge is 0.373 e. The van der Waals surface area contributed by atoms with E-state index in [-0.39, 0.29) is 17.9 Å². The van der Waals surface area contributed by atoms with Gasteiger partial charge in [0.05, 0.1) is 11.7 Å². The number of fused-ring (bicyclic) bond motifs is 1. The number of hydrogen-bond acceptors (Lipinski definition) is 5.